The van der Waals surface area contributed by atoms with Crippen molar-refractivity contribution >= 4 is 0 Å². The first-order valence-electron chi connectivity index (χ1n) is 7.09. The number of rotatable bonds is 1. The average molecular weight is 222 g/mol. The van der Waals surface area contributed by atoms with Crippen LogP contribution in [0.5, 0.6) is 0 Å². The van der Waals surface area contributed by atoms with Gasteiger partial charge in [0.05, 0.1) is 0 Å². The second kappa shape index (κ2) is 3.06. The molecule has 0 heterocycles. The Bertz CT molecular complexity index is 301. The summed E-state index contributed by atoms with van der Waals surface area (Å²) in [6.07, 6.45) is 1.45. The summed E-state index contributed by atoms with van der Waals surface area (Å²) < 4.78 is 0. The van der Waals surface area contributed by atoms with Crippen molar-refractivity contribution in [3.63, 3.8) is 0 Å². The van der Waals surface area contributed by atoms with Gasteiger partial charge in [0.1, 0.15) is 0 Å². The van der Waals surface area contributed by atoms with E-state index in [1.165, 1.54) is 6.42 Å². The topological polar surface area (TPSA) is 0 Å². The van der Waals surface area contributed by atoms with E-state index in [0.29, 0.717) is 16.2 Å². The smallest absolute Gasteiger partial charge is 0.0210 e. The van der Waals surface area contributed by atoms with Crippen LogP contribution in [0.25, 0.3) is 0 Å². The van der Waals surface area contributed by atoms with Crippen molar-refractivity contribution < 1.29 is 0 Å². The zero-order valence-electron chi connectivity index (χ0n) is 12.5. The second-order valence-corrected chi connectivity index (χ2v) is 8.07. The zero-order valence-corrected chi connectivity index (χ0v) is 12.5. The quantitative estimate of drug-likeness (QED) is 0.586. The molecule has 94 valence electrons. The highest BCUT2D eigenvalue weighted by Crippen LogP contribution is 2.81. The van der Waals surface area contributed by atoms with Crippen LogP contribution in [0.1, 0.15) is 61.8 Å². The van der Waals surface area contributed by atoms with E-state index in [-0.39, 0.29) is 0 Å². The molecule has 0 bridgehead atoms. The minimum atomic E-state index is 0.507. The van der Waals surface area contributed by atoms with Gasteiger partial charge in [-0.3, -0.25) is 0 Å². The first kappa shape index (κ1) is 12.5. The Kier molecular flexibility index (Phi) is 2.38. The molecule has 0 aromatic heterocycles. The molecule has 2 saturated carbocycles. The molecule has 0 aromatic rings. The highest BCUT2D eigenvalue weighted by molar-refractivity contribution is 5.23. The van der Waals surface area contributed by atoms with E-state index >= 15 is 0 Å². The van der Waals surface area contributed by atoms with Crippen LogP contribution in [0.4, 0.5) is 0 Å². The number of hydrogen-bond donors (Lipinski definition) is 0. The summed E-state index contributed by atoms with van der Waals surface area (Å²) in [6, 6.07) is 0. The minimum Gasteiger partial charge on any atom is -0.0625 e. The third-order valence-electron chi connectivity index (χ3n) is 7.23. The lowest BCUT2D eigenvalue weighted by Gasteiger charge is -2.54. The molecule has 2 aliphatic carbocycles. The van der Waals surface area contributed by atoms with Crippen molar-refractivity contribution in [1.29, 1.82) is 0 Å². The van der Waals surface area contributed by atoms with Crippen molar-refractivity contribution in [2.24, 2.45) is 39.9 Å². The van der Waals surface area contributed by atoms with Crippen LogP contribution in [0, 0.1) is 39.9 Å². The van der Waals surface area contributed by atoms with Crippen LogP contribution in [-0.4, -0.2) is 0 Å². The van der Waals surface area contributed by atoms with Gasteiger partial charge in [-0.15, -0.1) is 0 Å². The van der Waals surface area contributed by atoms with Crippen LogP contribution in [0.2, 0.25) is 0 Å². The van der Waals surface area contributed by atoms with Gasteiger partial charge in [0.25, 0.3) is 0 Å². The van der Waals surface area contributed by atoms with Gasteiger partial charge < -0.3 is 0 Å². The molecule has 0 spiro atoms. The third kappa shape index (κ3) is 1.12. The van der Waals surface area contributed by atoms with E-state index in [2.05, 4.69) is 55.4 Å². The predicted molar refractivity (Wildman–Crippen MR) is 71.3 cm³/mol. The molecule has 0 aliphatic heterocycles. The van der Waals surface area contributed by atoms with Crippen molar-refractivity contribution in [1.82, 2.24) is 0 Å². The molecule has 0 saturated heterocycles. The van der Waals surface area contributed by atoms with Gasteiger partial charge >= 0.3 is 0 Å². The van der Waals surface area contributed by atoms with Crippen molar-refractivity contribution in [2.75, 3.05) is 0 Å². The Morgan fingerprint density at radius 1 is 1.00 bits per heavy atom. The summed E-state index contributed by atoms with van der Waals surface area (Å²) in [4.78, 5) is 0. The van der Waals surface area contributed by atoms with Gasteiger partial charge in [0.15, 0.2) is 0 Å². The SMILES string of the molecule is CC(C)C1C(C)C(C)C(C)(C)C2(C)CC12C. The molecule has 0 amide bonds. The molecule has 5 atom stereocenters. The van der Waals surface area contributed by atoms with Crippen LogP contribution in [0.3, 0.4) is 0 Å². The lowest BCUT2D eigenvalue weighted by molar-refractivity contribution is -0.0620. The maximum atomic E-state index is 2.56. The molecule has 2 fully saturated rings. The lowest BCUT2D eigenvalue weighted by Crippen LogP contribution is -2.48. The van der Waals surface area contributed by atoms with Gasteiger partial charge in [-0.25, -0.2) is 0 Å². The van der Waals surface area contributed by atoms with Gasteiger partial charge in [0, 0.05) is 0 Å². The Hall–Kier alpha value is 0. The molecule has 16 heavy (non-hydrogen) atoms. The standard InChI is InChI=1S/C16H30/c1-10(2)13-11(3)12(4)14(5,6)16(8)9-15(13,16)7/h10-13H,9H2,1-8H3. The minimum absolute atomic E-state index is 0.507. The lowest BCUT2D eigenvalue weighted by atomic mass is 9.51. The first-order valence-corrected chi connectivity index (χ1v) is 7.09. The molecule has 5 unspecified atom stereocenters. The predicted octanol–water partition coefficient (Wildman–Crippen LogP) is 4.99. The monoisotopic (exact) mass is 222 g/mol. The van der Waals surface area contributed by atoms with Crippen molar-refractivity contribution in [3.8, 4) is 0 Å². The largest absolute Gasteiger partial charge is 0.0625 e. The summed E-state index contributed by atoms with van der Waals surface area (Å²) in [5, 5.41) is 0. The molecule has 2 aliphatic rings. The van der Waals surface area contributed by atoms with Crippen LogP contribution in [-0.2, 0) is 0 Å². The molecule has 0 radical (unpaired) electrons. The van der Waals surface area contributed by atoms with Crippen molar-refractivity contribution in [2.45, 2.75) is 61.8 Å². The fourth-order valence-electron chi connectivity index (χ4n) is 5.53. The van der Waals surface area contributed by atoms with Gasteiger partial charge in [-0.05, 0) is 46.3 Å². The van der Waals surface area contributed by atoms with Crippen molar-refractivity contribution in [3.05, 3.63) is 0 Å². The first-order chi connectivity index (χ1) is 7.09. The fourth-order valence-corrected chi connectivity index (χ4v) is 5.53. The number of hydrogen-bond acceptors (Lipinski definition) is 0. The van der Waals surface area contributed by atoms with Gasteiger partial charge in [-0.1, -0.05) is 55.4 Å². The Balaban J connectivity index is 2.43. The second-order valence-electron chi connectivity index (χ2n) is 8.07. The van der Waals surface area contributed by atoms with Crippen LogP contribution >= 0.6 is 0 Å². The summed E-state index contributed by atoms with van der Waals surface area (Å²) >= 11 is 0. The maximum Gasteiger partial charge on any atom is -0.0210 e. The number of fused-ring (bicyclic) bond motifs is 1. The third-order valence-corrected chi connectivity index (χ3v) is 7.23. The van der Waals surface area contributed by atoms with E-state index in [9.17, 15) is 0 Å². The highest BCUT2D eigenvalue weighted by Gasteiger charge is 2.75. The van der Waals surface area contributed by atoms with Crippen LogP contribution in [0.15, 0.2) is 0 Å². The van der Waals surface area contributed by atoms with E-state index in [1.807, 2.05) is 0 Å². The Morgan fingerprint density at radius 2 is 1.50 bits per heavy atom. The van der Waals surface area contributed by atoms with E-state index in [1.54, 1.807) is 0 Å². The molecule has 0 aromatic carbocycles. The highest BCUT2D eigenvalue weighted by atomic mass is 14.8. The molecular weight excluding hydrogens is 192 g/mol. The molecular formula is C16H30. The van der Waals surface area contributed by atoms with Gasteiger partial charge in [-0.2, -0.15) is 0 Å². The summed E-state index contributed by atoms with van der Waals surface area (Å²) in [7, 11) is 0. The molecule has 0 nitrogen and oxygen atoms in total. The summed E-state index contributed by atoms with van der Waals surface area (Å²) in [5.41, 5.74) is 1.70. The fraction of sp³-hybridized carbons (Fsp3) is 1.00. The normalized spacial score (nSPS) is 54.9. The molecule has 2 rings (SSSR count). The average Bonchev–Trinajstić information content (AvgIpc) is 2.68. The van der Waals surface area contributed by atoms with E-state index < -0.39 is 0 Å². The zero-order chi connectivity index (χ0) is 12.5. The van der Waals surface area contributed by atoms with E-state index in [4.69, 9.17) is 0 Å². The van der Waals surface area contributed by atoms with E-state index in [0.717, 1.165) is 23.7 Å². The Morgan fingerprint density at radius 3 is 1.94 bits per heavy atom. The van der Waals surface area contributed by atoms with Gasteiger partial charge in [0.2, 0.25) is 0 Å². The molecule has 0 heteroatoms. The summed E-state index contributed by atoms with van der Waals surface area (Å²) in [5.74, 6) is 3.47. The van der Waals surface area contributed by atoms with Crippen LogP contribution < -0.4 is 0 Å². The maximum absolute atomic E-state index is 2.56. The molecule has 0 N–H and O–H groups in total. The summed E-state index contributed by atoms with van der Waals surface area (Å²) in [6.45, 7) is 20.0. The Labute approximate surface area is 102 Å².